The summed E-state index contributed by atoms with van der Waals surface area (Å²) in [4.78, 5) is 3.96. The molecule has 2 N–H and O–H groups in total. The molecule has 0 fully saturated rings. The van der Waals surface area contributed by atoms with Gasteiger partial charge in [0.25, 0.3) is 0 Å². The summed E-state index contributed by atoms with van der Waals surface area (Å²) in [7, 11) is 0. The molecule has 118 valence electrons. The van der Waals surface area contributed by atoms with Crippen molar-refractivity contribution < 1.29 is 18.4 Å². The summed E-state index contributed by atoms with van der Waals surface area (Å²) < 4.78 is 31.4. The number of aromatic hydroxyl groups is 1. The van der Waals surface area contributed by atoms with Crippen molar-refractivity contribution in [2.45, 2.75) is 12.6 Å². The molecule has 5 nitrogen and oxygen atoms in total. The molecule has 0 aliphatic heterocycles. The van der Waals surface area contributed by atoms with E-state index in [9.17, 15) is 13.9 Å². The fourth-order valence-electron chi connectivity index (χ4n) is 2.23. The van der Waals surface area contributed by atoms with Gasteiger partial charge in [-0.05, 0) is 23.8 Å². The molecule has 23 heavy (non-hydrogen) atoms. The molecule has 0 amide bonds. The molecule has 0 aliphatic carbocycles. The molecule has 0 unspecified atom stereocenters. The maximum absolute atomic E-state index is 13.5. The van der Waals surface area contributed by atoms with Crippen LogP contribution in [0, 0.1) is 11.6 Å². The van der Waals surface area contributed by atoms with E-state index < -0.39 is 17.7 Å². The second kappa shape index (κ2) is 6.53. The molecule has 7 heteroatoms. The number of phenols is 1. The zero-order chi connectivity index (χ0) is 16.2. The van der Waals surface area contributed by atoms with E-state index in [1.165, 1.54) is 6.07 Å². The number of aromatic nitrogens is 2. The zero-order valence-corrected chi connectivity index (χ0v) is 11.9. The largest absolute Gasteiger partial charge is 0.508 e. The van der Waals surface area contributed by atoms with Crippen LogP contribution in [0.2, 0.25) is 0 Å². The van der Waals surface area contributed by atoms with Crippen LogP contribution >= 0.6 is 0 Å². The van der Waals surface area contributed by atoms with Crippen LogP contribution in [0.15, 0.2) is 53.4 Å². The van der Waals surface area contributed by atoms with Gasteiger partial charge in [-0.25, -0.2) is 8.78 Å². The van der Waals surface area contributed by atoms with Gasteiger partial charge in [-0.3, -0.25) is 5.32 Å². The van der Waals surface area contributed by atoms with Crippen LogP contribution in [0.4, 0.5) is 8.78 Å². The Morgan fingerprint density at radius 3 is 2.65 bits per heavy atom. The molecule has 1 aromatic heterocycles. The van der Waals surface area contributed by atoms with Crippen LogP contribution < -0.4 is 5.32 Å². The van der Waals surface area contributed by atoms with Gasteiger partial charge in [0, 0.05) is 12.1 Å². The van der Waals surface area contributed by atoms with Crippen LogP contribution in [0.3, 0.4) is 0 Å². The topological polar surface area (TPSA) is 71.2 Å². The Morgan fingerprint density at radius 1 is 1.13 bits per heavy atom. The number of phenolic OH excluding ortho intramolecular Hbond substituents is 1. The molecule has 0 aliphatic rings. The van der Waals surface area contributed by atoms with E-state index in [1.807, 2.05) is 0 Å². The number of rotatable bonds is 5. The minimum atomic E-state index is -0.958. The van der Waals surface area contributed by atoms with E-state index in [4.69, 9.17) is 4.52 Å². The maximum Gasteiger partial charge on any atom is 0.213 e. The first-order chi connectivity index (χ1) is 11.1. The van der Waals surface area contributed by atoms with Crippen molar-refractivity contribution in [3.8, 4) is 5.75 Å². The Labute approximate surface area is 130 Å². The van der Waals surface area contributed by atoms with Gasteiger partial charge >= 0.3 is 0 Å². The molecular formula is C16H13F2N3O2. The van der Waals surface area contributed by atoms with Crippen molar-refractivity contribution in [1.82, 2.24) is 15.5 Å². The van der Waals surface area contributed by atoms with E-state index in [-0.39, 0.29) is 18.1 Å². The highest BCUT2D eigenvalue weighted by Crippen LogP contribution is 2.23. The van der Waals surface area contributed by atoms with E-state index in [0.717, 1.165) is 18.5 Å². The standard InChI is InChI=1S/C16H13F2N3O2/c17-12-6-5-10(7-13(12)18)15(16-20-9-23-21-16)19-8-11-3-1-2-4-14(11)22/h1-7,9,15,19,22H,8H2/t15-/m1/s1. The number of halogens is 2. The molecule has 0 bridgehead atoms. The van der Waals surface area contributed by atoms with Gasteiger partial charge in [0.15, 0.2) is 17.5 Å². The summed E-state index contributed by atoms with van der Waals surface area (Å²) >= 11 is 0. The SMILES string of the molecule is Oc1ccccc1CN[C@H](c1ccc(F)c(F)c1)c1ncon1. The van der Waals surface area contributed by atoms with Gasteiger partial charge in [-0.1, -0.05) is 29.4 Å². The molecule has 0 spiro atoms. The molecule has 1 heterocycles. The Bertz CT molecular complexity index is 794. The first kappa shape index (κ1) is 15.1. The lowest BCUT2D eigenvalue weighted by molar-refractivity contribution is 0.400. The van der Waals surface area contributed by atoms with Gasteiger partial charge in [0.1, 0.15) is 5.75 Å². The summed E-state index contributed by atoms with van der Waals surface area (Å²) in [6.07, 6.45) is 1.16. The third kappa shape index (κ3) is 3.35. The van der Waals surface area contributed by atoms with Gasteiger partial charge in [0.2, 0.25) is 6.39 Å². The summed E-state index contributed by atoms with van der Waals surface area (Å²) in [5.74, 6) is -1.47. The van der Waals surface area contributed by atoms with Gasteiger partial charge < -0.3 is 9.63 Å². The molecular weight excluding hydrogens is 304 g/mol. The first-order valence-corrected chi connectivity index (χ1v) is 6.86. The first-order valence-electron chi connectivity index (χ1n) is 6.86. The molecule has 3 aromatic rings. The number of nitrogens with one attached hydrogen (secondary N) is 1. The van der Waals surface area contributed by atoms with Crippen LogP contribution in [0.5, 0.6) is 5.75 Å². The molecule has 0 radical (unpaired) electrons. The van der Waals surface area contributed by atoms with Crippen LogP contribution in [-0.4, -0.2) is 15.2 Å². The normalized spacial score (nSPS) is 12.3. The highest BCUT2D eigenvalue weighted by atomic mass is 19.2. The third-order valence-electron chi connectivity index (χ3n) is 3.40. The van der Waals surface area contributed by atoms with Crippen molar-refractivity contribution in [1.29, 1.82) is 0 Å². The Hall–Kier alpha value is -2.80. The van der Waals surface area contributed by atoms with E-state index in [0.29, 0.717) is 11.1 Å². The van der Waals surface area contributed by atoms with Gasteiger partial charge in [-0.2, -0.15) is 4.98 Å². The monoisotopic (exact) mass is 317 g/mol. The maximum atomic E-state index is 13.5. The predicted molar refractivity (Wildman–Crippen MR) is 77.4 cm³/mol. The minimum absolute atomic E-state index is 0.136. The lowest BCUT2D eigenvalue weighted by atomic mass is 10.1. The molecule has 3 rings (SSSR count). The summed E-state index contributed by atoms with van der Waals surface area (Å²) in [5.41, 5.74) is 1.10. The summed E-state index contributed by atoms with van der Waals surface area (Å²) in [5, 5.41) is 16.7. The highest BCUT2D eigenvalue weighted by Gasteiger charge is 2.20. The number of benzene rings is 2. The smallest absolute Gasteiger partial charge is 0.213 e. The lowest BCUT2D eigenvalue weighted by Gasteiger charge is -2.16. The minimum Gasteiger partial charge on any atom is -0.508 e. The molecule has 2 aromatic carbocycles. The second-order valence-electron chi connectivity index (χ2n) is 4.91. The lowest BCUT2D eigenvalue weighted by Crippen LogP contribution is -2.23. The third-order valence-corrected chi connectivity index (χ3v) is 3.40. The number of para-hydroxylation sites is 1. The van der Waals surface area contributed by atoms with Crippen molar-refractivity contribution in [2.75, 3.05) is 0 Å². The van der Waals surface area contributed by atoms with Gasteiger partial charge in [0.05, 0.1) is 6.04 Å². The van der Waals surface area contributed by atoms with Crippen molar-refractivity contribution in [3.63, 3.8) is 0 Å². The highest BCUT2D eigenvalue weighted by molar-refractivity contribution is 5.32. The summed E-state index contributed by atoms with van der Waals surface area (Å²) in [6, 6.07) is 9.77. The predicted octanol–water partition coefficient (Wildman–Crippen LogP) is 2.93. The van der Waals surface area contributed by atoms with Crippen molar-refractivity contribution >= 4 is 0 Å². The molecule has 1 atom stereocenters. The van der Waals surface area contributed by atoms with Crippen molar-refractivity contribution in [3.05, 3.63) is 77.4 Å². The van der Waals surface area contributed by atoms with Crippen LogP contribution in [-0.2, 0) is 6.54 Å². The fraction of sp³-hybridized carbons (Fsp3) is 0.125. The summed E-state index contributed by atoms with van der Waals surface area (Å²) in [6.45, 7) is 0.283. The second-order valence-corrected chi connectivity index (χ2v) is 4.91. The van der Waals surface area contributed by atoms with Crippen LogP contribution in [0.25, 0.3) is 0 Å². The van der Waals surface area contributed by atoms with E-state index in [1.54, 1.807) is 24.3 Å². The number of nitrogens with zero attached hydrogens (tertiary/aromatic N) is 2. The Kier molecular flexibility index (Phi) is 4.29. The van der Waals surface area contributed by atoms with Crippen molar-refractivity contribution in [2.24, 2.45) is 0 Å². The quantitative estimate of drug-likeness (QED) is 0.757. The van der Waals surface area contributed by atoms with E-state index >= 15 is 0 Å². The fourth-order valence-corrected chi connectivity index (χ4v) is 2.23. The average molecular weight is 317 g/mol. The van der Waals surface area contributed by atoms with E-state index in [2.05, 4.69) is 15.5 Å². The Balaban J connectivity index is 1.87. The van der Waals surface area contributed by atoms with Gasteiger partial charge in [-0.15, -0.1) is 0 Å². The number of hydrogen-bond donors (Lipinski definition) is 2. The molecule has 0 saturated heterocycles. The zero-order valence-electron chi connectivity index (χ0n) is 11.9. The average Bonchev–Trinajstić information content (AvgIpc) is 3.07. The molecule has 0 saturated carbocycles. The number of hydrogen-bond acceptors (Lipinski definition) is 5. The van der Waals surface area contributed by atoms with Crippen LogP contribution in [0.1, 0.15) is 23.0 Å². The Morgan fingerprint density at radius 2 is 1.96 bits per heavy atom.